The Morgan fingerprint density at radius 2 is 1.96 bits per heavy atom. The van der Waals surface area contributed by atoms with E-state index in [-0.39, 0.29) is 12.5 Å². The largest absolute Gasteiger partial charge is 0.484 e. The third-order valence-electron chi connectivity index (χ3n) is 3.58. The maximum Gasteiger partial charge on any atom is 0.262 e. The van der Waals surface area contributed by atoms with Crippen LogP contribution in [0.2, 0.25) is 0 Å². The lowest BCUT2D eigenvalue weighted by Gasteiger charge is -2.13. The maximum absolute atomic E-state index is 12.3. The minimum absolute atomic E-state index is 0.0676. The molecule has 0 bridgehead atoms. The van der Waals surface area contributed by atoms with Gasteiger partial charge in [0.2, 0.25) is 0 Å². The van der Waals surface area contributed by atoms with Crippen molar-refractivity contribution in [3.05, 3.63) is 70.5 Å². The van der Waals surface area contributed by atoms with Crippen molar-refractivity contribution in [3.63, 3.8) is 0 Å². The number of aromatic nitrogens is 2. The minimum atomic E-state index is -0.228. The predicted octanol–water partition coefficient (Wildman–Crippen LogP) is 4.27. The lowest BCUT2D eigenvalue weighted by atomic mass is 10.2. The van der Waals surface area contributed by atoms with Gasteiger partial charge in [-0.3, -0.25) is 4.79 Å². The van der Waals surface area contributed by atoms with E-state index in [1.165, 1.54) is 0 Å². The molecule has 25 heavy (non-hydrogen) atoms. The first-order chi connectivity index (χ1) is 12.0. The molecular formula is C19H18BrN3O2. The van der Waals surface area contributed by atoms with E-state index in [4.69, 9.17) is 4.74 Å². The number of anilines is 1. The van der Waals surface area contributed by atoms with Crippen LogP contribution in [0.4, 0.5) is 5.69 Å². The van der Waals surface area contributed by atoms with Crippen molar-refractivity contribution >= 4 is 27.5 Å². The number of carbonyl (C=O) groups excluding carboxylic acids is 1. The van der Waals surface area contributed by atoms with Crippen molar-refractivity contribution in [2.45, 2.75) is 13.8 Å². The molecule has 0 radical (unpaired) electrons. The SMILES string of the molecule is Cc1cc(C)n(-c2ccccc2NC(=O)COc2cccc(Br)c2)n1. The first-order valence-corrected chi connectivity index (χ1v) is 8.63. The molecule has 1 amide bonds. The summed E-state index contributed by atoms with van der Waals surface area (Å²) >= 11 is 3.38. The zero-order valence-electron chi connectivity index (χ0n) is 14.0. The molecule has 0 spiro atoms. The zero-order chi connectivity index (χ0) is 17.8. The topological polar surface area (TPSA) is 56.2 Å². The molecule has 0 saturated carbocycles. The summed E-state index contributed by atoms with van der Waals surface area (Å²) in [6.45, 7) is 3.85. The van der Waals surface area contributed by atoms with Gasteiger partial charge in [-0.05, 0) is 50.2 Å². The molecule has 0 aliphatic heterocycles. The van der Waals surface area contributed by atoms with Crippen LogP contribution < -0.4 is 10.1 Å². The monoisotopic (exact) mass is 399 g/mol. The average molecular weight is 400 g/mol. The number of hydrogen-bond acceptors (Lipinski definition) is 3. The van der Waals surface area contributed by atoms with Gasteiger partial charge >= 0.3 is 0 Å². The quantitative estimate of drug-likeness (QED) is 0.696. The molecule has 2 aromatic carbocycles. The van der Waals surface area contributed by atoms with Crippen LogP contribution in [0.15, 0.2) is 59.1 Å². The van der Waals surface area contributed by atoms with Crippen LogP contribution in [0.5, 0.6) is 5.75 Å². The third-order valence-corrected chi connectivity index (χ3v) is 4.08. The van der Waals surface area contributed by atoms with Gasteiger partial charge in [0.15, 0.2) is 6.61 Å². The first kappa shape index (κ1) is 17.2. The standard InChI is InChI=1S/C19H18BrN3O2/c1-13-10-14(2)23(22-13)18-9-4-3-8-17(18)21-19(24)12-25-16-7-5-6-15(20)11-16/h3-11H,12H2,1-2H3,(H,21,24). The normalized spacial score (nSPS) is 10.5. The Labute approximate surface area is 154 Å². The maximum atomic E-state index is 12.3. The molecule has 0 saturated heterocycles. The Balaban J connectivity index is 1.72. The van der Waals surface area contributed by atoms with Gasteiger partial charge in [-0.2, -0.15) is 5.10 Å². The number of nitrogens with one attached hydrogen (secondary N) is 1. The Hall–Kier alpha value is -2.60. The van der Waals surface area contributed by atoms with Crippen molar-refractivity contribution in [3.8, 4) is 11.4 Å². The summed E-state index contributed by atoms with van der Waals surface area (Å²) in [5, 5.41) is 7.37. The number of carbonyl (C=O) groups is 1. The number of rotatable bonds is 5. The van der Waals surface area contributed by atoms with E-state index in [0.717, 1.165) is 21.5 Å². The molecule has 3 aromatic rings. The van der Waals surface area contributed by atoms with E-state index in [1.54, 1.807) is 0 Å². The van der Waals surface area contributed by atoms with Gasteiger partial charge in [0.25, 0.3) is 5.91 Å². The highest BCUT2D eigenvalue weighted by Gasteiger charge is 2.11. The fourth-order valence-corrected chi connectivity index (χ4v) is 2.91. The summed E-state index contributed by atoms with van der Waals surface area (Å²) in [5.74, 6) is 0.408. The first-order valence-electron chi connectivity index (χ1n) is 7.84. The van der Waals surface area contributed by atoms with Crippen LogP contribution in [0.1, 0.15) is 11.4 Å². The van der Waals surface area contributed by atoms with Crippen molar-refractivity contribution in [1.29, 1.82) is 0 Å². The van der Waals surface area contributed by atoms with Gasteiger partial charge in [-0.25, -0.2) is 4.68 Å². The summed E-state index contributed by atoms with van der Waals surface area (Å²) in [7, 11) is 0. The molecule has 1 N–H and O–H groups in total. The molecule has 5 nitrogen and oxygen atoms in total. The smallest absolute Gasteiger partial charge is 0.262 e. The second-order valence-corrected chi connectivity index (χ2v) is 6.57. The number of amides is 1. The third kappa shape index (κ3) is 4.28. The van der Waals surface area contributed by atoms with Gasteiger partial charge in [0.05, 0.1) is 17.1 Å². The van der Waals surface area contributed by atoms with Gasteiger partial charge in [0.1, 0.15) is 5.75 Å². The van der Waals surface area contributed by atoms with Crippen LogP contribution in [0, 0.1) is 13.8 Å². The van der Waals surface area contributed by atoms with E-state index in [1.807, 2.05) is 73.1 Å². The number of nitrogens with zero attached hydrogens (tertiary/aromatic N) is 2. The van der Waals surface area contributed by atoms with Gasteiger partial charge in [0, 0.05) is 10.2 Å². The summed E-state index contributed by atoms with van der Waals surface area (Å²) in [4.78, 5) is 12.3. The molecule has 128 valence electrons. The second-order valence-electron chi connectivity index (χ2n) is 5.65. The number of hydrogen-bond donors (Lipinski definition) is 1. The number of halogens is 1. The lowest BCUT2D eigenvalue weighted by molar-refractivity contribution is -0.118. The lowest BCUT2D eigenvalue weighted by Crippen LogP contribution is -2.21. The molecule has 0 atom stereocenters. The summed E-state index contributed by atoms with van der Waals surface area (Å²) in [5.41, 5.74) is 3.45. The van der Waals surface area contributed by atoms with Crippen molar-refractivity contribution in [2.75, 3.05) is 11.9 Å². The highest BCUT2D eigenvalue weighted by atomic mass is 79.9. The van der Waals surface area contributed by atoms with Crippen molar-refractivity contribution < 1.29 is 9.53 Å². The zero-order valence-corrected chi connectivity index (χ0v) is 15.6. The summed E-state index contributed by atoms with van der Waals surface area (Å²) in [6, 6.07) is 16.9. The molecule has 1 aromatic heterocycles. The van der Waals surface area contributed by atoms with Crippen LogP contribution in [0.25, 0.3) is 5.69 Å². The van der Waals surface area contributed by atoms with Crippen LogP contribution in [0.3, 0.4) is 0 Å². The average Bonchev–Trinajstić information content (AvgIpc) is 2.92. The highest BCUT2D eigenvalue weighted by Crippen LogP contribution is 2.22. The minimum Gasteiger partial charge on any atom is -0.484 e. The number of ether oxygens (including phenoxy) is 1. The van der Waals surface area contributed by atoms with E-state index in [0.29, 0.717) is 11.4 Å². The Morgan fingerprint density at radius 1 is 1.16 bits per heavy atom. The Kier molecular flexibility index (Phi) is 5.19. The number of aryl methyl sites for hydroxylation is 2. The summed E-state index contributed by atoms with van der Waals surface area (Å²) in [6.07, 6.45) is 0. The van der Waals surface area contributed by atoms with E-state index in [2.05, 4.69) is 26.3 Å². The van der Waals surface area contributed by atoms with Gasteiger partial charge in [-0.15, -0.1) is 0 Å². The van der Waals surface area contributed by atoms with Gasteiger partial charge in [-0.1, -0.05) is 34.1 Å². The number of para-hydroxylation sites is 2. The van der Waals surface area contributed by atoms with E-state index in [9.17, 15) is 4.79 Å². The highest BCUT2D eigenvalue weighted by molar-refractivity contribution is 9.10. The predicted molar refractivity (Wildman–Crippen MR) is 101 cm³/mol. The van der Waals surface area contributed by atoms with Gasteiger partial charge < -0.3 is 10.1 Å². The van der Waals surface area contributed by atoms with Crippen molar-refractivity contribution in [1.82, 2.24) is 9.78 Å². The molecule has 0 unspecified atom stereocenters. The Bertz CT molecular complexity index is 905. The van der Waals surface area contributed by atoms with Crippen LogP contribution >= 0.6 is 15.9 Å². The molecule has 0 aliphatic carbocycles. The van der Waals surface area contributed by atoms with Crippen LogP contribution in [-0.2, 0) is 4.79 Å². The molecule has 6 heteroatoms. The fraction of sp³-hybridized carbons (Fsp3) is 0.158. The molecule has 3 rings (SSSR count). The molecule has 0 fully saturated rings. The Morgan fingerprint density at radius 3 is 2.68 bits per heavy atom. The fourth-order valence-electron chi connectivity index (χ4n) is 2.53. The van der Waals surface area contributed by atoms with Crippen molar-refractivity contribution in [2.24, 2.45) is 0 Å². The van der Waals surface area contributed by atoms with E-state index >= 15 is 0 Å². The number of benzene rings is 2. The molecule has 1 heterocycles. The van der Waals surface area contributed by atoms with Crippen LogP contribution in [-0.4, -0.2) is 22.3 Å². The molecule has 0 aliphatic rings. The van der Waals surface area contributed by atoms with E-state index < -0.39 is 0 Å². The summed E-state index contributed by atoms with van der Waals surface area (Å²) < 4.78 is 8.25. The second kappa shape index (κ2) is 7.53. The molecular weight excluding hydrogens is 382 g/mol.